The number of pyridine rings is 1. The first-order valence-corrected chi connectivity index (χ1v) is 8.57. The summed E-state index contributed by atoms with van der Waals surface area (Å²) in [5.41, 5.74) is 7.45. The van der Waals surface area contributed by atoms with Crippen LogP contribution < -0.4 is 11.1 Å². The monoisotopic (exact) mass is 299 g/mol. The Labute approximate surface area is 131 Å². The van der Waals surface area contributed by atoms with Crippen molar-refractivity contribution in [3.05, 3.63) is 24.0 Å². The van der Waals surface area contributed by atoms with E-state index in [4.69, 9.17) is 5.73 Å². The Kier molecular flexibility index (Phi) is 3.35. The molecule has 0 atom stereocenters. The maximum absolute atomic E-state index is 12.2. The molecular weight excluding hydrogens is 274 g/mol. The molecule has 1 aromatic heterocycles. The number of hydrogen-bond acceptors (Lipinski definition) is 3. The molecule has 3 N–H and O–H groups in total. The van der Waals surface area contributed by atoms with Crippen molar-refractivity contribution in [3.8, 4) is 0 Å². The second-order valence-electron chi connectivity index (χ2n) is 7.95. The van der Waals surface area contributed by atoms with Crippen LogP contribution in [0.1, 0.15) is 44.2 Å². The lowest BCUT2D eigenvalue weighted by Gasteiger charge is -2.56. The molecule has 0 saturated heterocycles. The van der Waals surface area contributed by atoms with Gasteiger partial charge < -0.3 is 11.1 Å². The van der Waals surface area contributed by atoms with Gasteiger partial charge in [-0.15, -0.1) is 0 Å². The van der Waals surface area contributed by atoms with Gasteiger partial charge in [-0.2, -0.15) is 0 Å². The predicted octanol–water partition coefficient (Wildman–Crippen LogP) is 2.54. The summed E-state index contributed by atoms with van der Waals surface area (Å²) in [7, 11) is 0. The lowest BCUT2D eigenvalue weighted by molar-refractivity contribution is -0.122. The van der Waals surface area contributed by atoms with Crippen molar-refractivity contribution in [2.24, 2.45) is 23.2 Å². The van der Waals surface area contributed by atoms with Crippen molar-refractivity contribution in [2.75, 3.05) is 12.3 Å². The number of nitrogen functional groups attached to an aromatic ring is 1. The van der Waals surface area contributed by atoms with Crippen LogP contribution in [0.3, 0.4) is 0 Å². The summed E-state index contributed by atoms with van der Waals surface area (Å²) in [5, 5.41) is 3.19. The van der Waals surface area contributed by atoms with E-state index in [-0.39, 0.29) is 5.91 Å². The van der Waals surface area contributed by atoms with Gasteiger partial charge in [0.2, 0.25) is 5.91 Å². The van der Waals surface area contributed by atoms with Crippen LogP contribution in [0.15, 0.2) is 18.3 Å². The number of amides is 1. The predicted molar refractivity (Wildman–Crippen MR) is 86.0 cm³/mol. The van der Waals surface area contributed by atoms with Crippen LogP contribution in [-0.4, -0.2) is 17.4 Å². The molecule has 4 aliphatic carbocycles. The van der Waals surface area contributed by atoms with Crippen LogP contribution in [0.25, 0.3) is 0 Å². The lowest BCUT2D eigenvalue weighted by atomic mass is 9.49. The van der Waals surface area contributed by atoms with Crippen LogP contribution in [-0.2, 0) is 11.2 Å². The largest absolute Gasteiger partial charge is 0.397 e. The Bertz CT molecular complexity index is 531. The number of aromatic nitrogens is 1. The van der Waals surface area contributed by atoms with Crippen molar-refractivity contribution < 1.29 is 4.79 Å². The Balaban J connectivity index is 1.34. The zero-order chi connectivity index (χ0) is 15.2. The van der Waals surface area contributed by atoms with Crippen LogP contribution in [0.4, 0.5) is 5.69 Å². The summed E-state index contributed by atoms with van der Waals surface area (Å²) in [6.07, 6.45) is 10.3. The SMILES string of the molecule is Nc1ccc(CC(=O)NCC23CC4CC(CC(C4)C2)C3)nc1. The van der Waals surface area contributed by atoms with Crippen LogP contribution in [0.5, 0.6) is 0 Å². The molecule has 4 heteroatoms. The number of carbonyl (C=O) groups excluding carboxylic acids is 1. The lowest BCUT2D eigenvalue weighted by Crippen LogP contribution is -2.51. The summed E-state index contributed by atoms with van der Waals surface area (Å²) < 4.78 is 0. The summed E-state index contributed by atoms with van der Waals surface area (Å²) in [6, 6.07) is 3.63. The first-order valence-electron chi connectivity index (χ1n) is 8.57. The highest BCUT2D eigenvalue weighted by atomic mass is 16.1. The maximum atomic E-state index is 12.2. The van der Waals surface area contributed by atoms with Gasteiger partial charge in [0.25, 0.3) is 0 Å². The summed E-state index contributed by atoms with van der Waals surface area (Å²) in [5.74, 6) is 2.89. The average Bonchev–Trinajstić information content (AvgIpc) is 2.46. The van der Waals surface area contributed by atoms with Gasteiger partial charge >= 0.3 is 0 Å². The maximum Gasteiger partial charge on any atom is 0.226 e. The first kappa shape index (κ1) is 14.0. The van der Waals surface area contributed by atoms with E-state index in [0.29, 0.717) is 17.5 Å². The van der Waals surface area contributed by atoms with E-state index in [1.54, 1.807) is 12.3 Å². The number of nitrogens with one attached hydrogen (secondary N) is 1. The number of anilines is 1. The van der Waals surface area contributed by atoms with Gasteiger partial charge in [-0.1, -0.05) is 0 Å². The van der Waals surface area contributed by atoms with E-state index in [0.717, 1.165) is 30.0 Å². The van der Waals surface area contributed by atoms with E-state index in [1.165, 1.54) is 38.5 Å². The summed E-state index contributed by atoms with van der Waals surface area (Å²) in [4.78, 5) is 16.4. The van der Waals surface area contributed by atoms with E-state index >= 15 is 0 Å². The quantitative estimate of drug-likeness (QED) is 0.897. The topological polar surface area (TPSA) is 68.0 Å². The number of nitrogens with two attached hydrogens (primary N) is 1. The van der Waals surface area contributed by atoms with E-state index in [2.05, 4.69) is 10.3 Å². The molecule has 1 heterocycles. The molecule has 0 spiro atoms. The smallest absolute Gasteiger partial charge is 0.226 e. The fourth-order valence-corrected chi connectivity index (χ4v) is 5.56. The fourth-order valence-electron chi connectivity index (χ4n) is 5.56. The molecule has 4 bridgehead atoms. The molecule has 4 saturated carbocycles. The van der Waals surface area contributed by atoms with Crippen molar-refractivity contribution in [2.45, 2.75) is 44.9 Å². The minimum Gasteiger partial charge on any atom is -0.397 e. The Morgan fingerprint density at radius 1 is 1.18 bits per heavy atom. The minimum absolute atomic E-state index is 0.0908. The standard InChI is InChI=1S/C18H25N3O/c19-15-1-2-16(20-10-15)6-17(22)21-11-18-7-12-3-13(8-18)5-14(4-12)9-18/h1-2,10,12-14H,3-9,11,19H2,(H,21,22). The van der Waals surface area contributed by atoms with Gasteiger partial charge in [0, 0.05) is 12.2 Å². The third-order valence-electron chi connectivity index (χ3n) is 6.01. The zero-order valence-electron chi connectivity index (χ0n) is 13.1. The number of carbonyl (C=O) groups is 1. The third kappa shape index (κ3) is 2.71. The van der Waals surface area contributed by atoms with Gasteiger partial charge in [-0.3, -0.25) is 9.78 Å². The highest BCUT2D eigenvalue weighted by Crippen LogP contribution is 2.59. The molecule has 0 aliphatic heterocycles. The molecular formula is C18H25N3O. The van der Waals surface area contributed by atoms with Gasteiger partial charge in [0.1, 0.15) is 0 Å². The van der Waals surface area contributed by atoms with E-state index < -0.39 is 0 Å². The van der Waals surface area contributed by atoms with Crippen molar-refractivity contribution in [3.63, 3.8) is 0 Å². The molecule has 22 heavy (non-hydrogen) atoms. The molecule has 0 unspecified atom stereocenters. The van der Waals surface area contributed by atoms with Gasteiger partial charge in [0.05, 0.1) is 18.3 Å². The molecule has 4 nitrogen and oxygen atoms in total. The number of nitrogens with zero attached hydrogens (tertiary/aromatic N) is 1. The minimum atomic E-state index is 0.0908. The Hall–Kier alpha value is -1.58. The zero-order valence-corrected chi connectivity index (χ0v) is 13.1. The second kappa shape index (κ2) is 5.25. The molecule has 1 aromatic rings. The third-order valence-corrected chi connectivity index (χ3v) is 6.01. The molecule has 1 amide bonds. The number of hydrogen-bond donors (Lipinski definition) is 2. The molecule has 0 aromatic carbocycles. The molecule has 0 radical (unpaired) electrons. The van der Waals surface area contributed by atoms with Crippen molar-refractivity contribution in [1.82, 2.24) is 10.3 Å². The van der Waals surface area contributed by atoms with Gasteiger partial charge in [-0.05, 0) is 73.8 Å². The molecule has 118 valence electrons. The van der Waals surface area contributed by atoms with Crippen molar-refractivity contribution >= 4 is 11.6 Å². The average molecular weight is 299 g/mol. The van der Waals surface area contributed by atoms with Crippen molar-refractivity contribution in [1.29, 1.82) is 0 Å². The Morgan fingerprint density at radius 3 is 2.36 bits per heavy atom. The van der Waals surface area contributed by atoms with Crippen LogP contribution in [0, 0.1) is 23.2 Å². The number of rotatable bonds is 4. The molecule has 5 rings (SSSR count). The highest BCUT2D eigenvalue weighted by Gasteiger charge is 2.50. The van der Waals surface area contributed by atoms with E-state index in [1.807, 2.05) is 6.07 Å². The first-order chi connectivity index (χ1) is 10.6. The summed E-state index contributed by atoms with van der Waals surface area (Å²) >= 11 is 0. The highest BCUT2D eigenvalue weighted by molar-refractivity contribution is 5.78. The summed E-state index contributed by atoms with van der Waals surface area (Å²) in [6.45, 7) is 0.865. The van der Waals surface area contributed by atoms with Gasteiger partial charge in [-0.25, -0.2) is 0 Å². The normalized spacial score (nSPS) is 35.5. The second-order valence-corrected chi connectivity index (χ2v) is 7.95. The fraction of sp³-hybridized carbons (Fsp3) is 0.667. The van der Waals surface area contributed by atoms with E-state index in [9.17, 15) is 4.79 Å². The molecule has 4 aliphatic rings. The van der Waals surface area contributed by atoms with Gasteiger partial charge in [0.15, 0.2) is 0 Å². The Morgan fingerprint density at radius 2 is 1.82 bits per heavy atom. The molecule has 4 fully saturated rings. The van der Waals surface area contributed by atoms with Crippen LogP contribution in [0.2, 0.25) is 0 Å². The van der Waals surface area contributed by atoms with Crippen LogP contribution >= 0.6 is 0 Å².